The van der Waals surface area contributed by atoms with E-state index in [2.05, 4.69) is 5.32 Å². The number of ether oxygens (including phenoxy) is 1. The fourth-order valence-corrected chi connectivity index (χ4v) is 2.15. The standard InChI is InChI=1S/C14H28N4O3/c1-5-6-16-12(19)18-8-7-17(10-11(18)9-15)13(20)21-14(2,3)4/h11H,5-10,15H2,1-4H3,(H,16,19). The summed E-state index contributed by atoms with van der Waals surface area (Å²) in [4.78, 5) is 27.4. The van der Waals surface area contributed by atoms with Crippen molar-refractivity contribution in [2.45, 2.75) is 45.8 Å². The van der Waals surface area contributed by atoms with E-state index in [0.717, 1.165) is 6.42 Å². The quantitative estimate of drug-likeness (QED) is 0.813. The van der Waals surface area contributed by atoms with Crippen molar-refractivity contribution in [3.8, 4) is 0 Å². The summed E-state index contributed by atoms with van der Waals surface area (Å²) in [5, 5.41) is 2.85. The average molecular weight is 300 g/mol. The minimum Gasteiger partial charge on any atom is -0.444 e. The minimum atomic E-state index is -0.523. The Morgan fingerprint density at radius 2 is 2.00 bits per heavy atom. The molecule has 0 saturated carbocycles. The van der Waals surface area contributed by atoms with Crippen LogP contribution in [0.15, 0.2) is 0 Å². The first-order valence-corrected chi connectivity index (χ1v) is 7.51. The fourth-order valence-electron chi connectivity index (χ4n) is 2.15. The molecule has 7 nitrogen and oxygen atoms in total. The van der Waals surface area contributed by atoms with E-state index in [4.69, 9.17) is 10.5 Å². The summed E-state index contributed by atoms with van der Waals surface area (Å²) in [6, 6.07) is -0.292. The maximum Gasteiger partial charge on any atom is 0.410 e. The first-order valence-electron chi connectivity index (χ1n) is 7.51. The summed E-state index contributed by atoms with van der Waals surface area (Å²) in [6.45, 7) is 9.80. The van der Waals surface area contributed by atoms with E-state index in [1.165, 1.54) is 0 Å². The topological polar surface area (TPSA) is 87.9 Å². The van der Waals surface area contributed by atoms with Gasteiger partial charge in [-0.15, -0.1) is 0 Å². The van der Waals surface area contributed by atoms with E-state index < -0.39 is 5.60 Å². The summed E-state index contributed by atoms with van der Waals surface area (Å²) in [7, 11) is 0. The van der Waals surface area contributed by atoms with Crippen molar-refractivity contribution < 1.29 is 14.3 Å². The van der Waals surface area contributed by atoms with Crippen LogP contribution in [0.3, 0.4) is 0 Å². The van der Waals surface area contributed by atoms with Gasteiger partial charge in [-0.1, -0.05) is 6.92 Å². The molecule has 1 aliphatic heterocycles. The molecular formula is C14H28N4O3. The molecule has 1 rings (SSSR count). The minimum absolute atomic E-state index is 0.115. The third-order valence-electron chi connectivity index (χ3n) is 3.19. The Kier molecular flexibility index (Phi) is 6.26. The maximum atomic E-state index is 12.1. The highest BCUT2D eigenvalue weighted by molar-refractivity contribution is 5.75. The van der Waals surface area contributed by atoms with E-state index in [0.29, 0.717) is 32.7 Å². The number of nitrogens with zero attached hydrogens (tertiary/aromatic N) is 2. The number of nitrogens with one attached hydrogen (secondary N) is 1. The van der Waals surface area contributed by atoms with Gasteiger partial charge in [0.25, 0.3) is 0 Å². The summed E-state index contributed by atoms with van der Waals surface area (Å²) in [5.41, 5.74) is 5.23. The molecule has 0 aromatic rings. The van der Waals surface area contributed by atoms with Crippen LogP contribution >= 0.6 is 0 Å². The molecule has 1 saturated heterocycles. The number of piperazine rings is 1. The van der Waals surface area contributed by atoms with Gasteiger partial charge >= 0.3 is 12.1 Å². The summed E-state index contributed by atoms with van der Waals surface area (Å²) < 4.78 is 5.36. The lowest BCUT2D eigenvalue weighted by molar-refractivity contribution is 0.00979. The van der Waals surface area contributed by atoms with Crippen LogP contribution in [-0.2, 0) is 4.74 Å². The number of urea groups is 1. The van der Waals surface area contributed by atoms with Crippen molar-refractivity contribution in [2.75, 3.05) is 32.7 Å². The van der Waals surface area contributed by atoms with Crippen LogP contribution in [0.25, 0.3) is 0 Å². The predicted octanol–water partition coefficient (Wildman–Crippen LogP) is 0.986. The highest BCUT2D eigenvalue weighted by Crippen LogP contribution is 2.14. The molecule has 3 N–H and O–H groups in total. The summed E-state index contributed by atoms with van der Waals surface area (Å²) >= 11 is 0. The van der Waals surface area contributed by atoms with Crippen LogP contribution in [0.5, 0.6) is 0 Å². The molecule has 0 spiro atoms. The molecule has 1 atom stereocenters. The predicted molar refractivity (Wildman–Crippen MR) is 81.0 cm³/mol. The number of nitrogens with two attached hydrogens (primary N) is 1. The van der Waals surface area contributed by atoms with Crippen LogP contribution in [-0.4, -0.2) is 66.3 Å². The lowest BCUT2D eigenvalue weighted by Gasteiger charge is -2.41. The van der Waals surface area contributed by atoms with Crippen molar-refractivity contribution in [1.29, 1.82) is 0 Å². The summed E-state index contributed by atoms with van der Waals surface area (Å²) in [5.74, 6) is 0. The Labute approximate surface area is 126 Å². The van der Waals surface area contributed by atoms with Gasteiger partial charge in [0.05, 0.1) is 6.04 Å². The largest absolute Gasteiger partial charge is 0.444 e. The molecule has 0 aromatic heterocycles. The van der Waals surface area contributed by atoms with Gasteiger partial charge in [0, 0.05) is 32.7 Å². The SMILES string of the molecule is CCCNC(=O)N1CCN(C(=O)OC(C)(C)C)CC1CN. The van der Waals surface area contributed by atoms with E-state index in [-0.39, 0.29) is 18.2 Å². The molecule has 0 aromatic carbocycles. The van der Waals surface area contributed by atoms with Gasteiger partial charge in [-0.2, -0.15) is 0 Å². The summed E-state index contributed by atoms with van der Waals surface area (Å²) in [6.07, 6.45) is 0.534. The third-order valence-corrected chi connectivity index (χ3v) is 3.19. The molecule has 0 aliphatic carbocycles. The van der Waals surface area contributed by atoms with Crippen LogP contribution in [0.4, 0.5) is 9.59 Å². The zero-order valence-electron chi connectivity index (χ0n) is 13.5. The molecule has 1 fully saturated rings. The molecule has 21 heavy (non-hydrogen) atoms. The first-order chi connectivity index (χ1) is 9.78. The van der Waals surface area contributed by atoms with Gasteiger partial charge in [0.1, 0.15) is 5.60 Å². The van der Waals surface area contributed by atoms with E-state index >= 15 is 0 Å². The van der Waals surface area contributed by atoms with Gasteiger partial charge < -0.3 is 25.6 Å². The number of hydrogen-bond donors (Lipinski definition) is 2. The monoisotopic (exact) mass is 300 g/mol. The smallest absolute Gasteiger partial charge is 0.410 e. The van der Waals surface area contributed by atoms with Gasteiger partial charge in [-0.3, -0.25) is 0 Å². The molecular weight excluding hydrogens is 272 g/mol. The highest BCUT2D eigenvalue weighted by atomic mass is 16.6. The normalized spacial score (nSPS) is 19.4. The molecule has 1 unspecified atom stereocenters. The number of carbonyl (C=O) groups is 2. The molecule has 1 heterocycles. The van der Waals surface area contributed by atoms with Crippen molar-refractivity contribution in [1.82, 2.24) is 15.1 Å². The van der Waals surface area contributed by atoms with Crippen molar-refractivity contribution in [2.24, 2.45) is 5.73 Å². The van der Waals surface area contributed by atoms with Gasteiger partial charge in [0.15, 0.2) is 0 Å². The second kappa shape index (κ2) is 7.49. The third kappa shape index (κ3) is 5.41. The van der Waals surface area contributed by atoms with Gasteiger partial charge in [-0.25, -0.2) is 9.59 Å². The fraction of sp³-hybridized carbons (Fsp3) is 0.857. The van der Waals surface area contributed by atoms with Gasteiger partial charge in [-0.05, 0) is 27.2 Å². The van der Waals surface area contributed by atoms with Gasteiger partial charge in [0.2, 0.25) is 0 Å². The zero-order chi connectivity index (χ0) is 16.0. The average Bonchev–Trinajstić information content (AvgIpc) is 2.42. The number of hydrogen-bond acceptors (Lipinski definition) is 4. The molecule has 122 valence electrons. The Balaban J connectivity index is 2.60. The number of rotatable bonds is 3. The van der Waals surface area contributed by atoms with Crippen LogP contribution in [0.2, 0.25) is 0 Å². The first kappa shape index (κ1) is 17.6. The Hall–Kier alpha value is -1.50. The molecule has 0 radical (unpaired) electrons. The van der Waals surface area contributed by atoms with E-state index in [9.17, 15) is 9.59 Å². The lowest BCUT2D eigenvalue weighted by Crippen LogP contribution is -2.61. The second-order valence-corrected chi connectivity index (χ2v) is 6.24. The Bertz CT molecular complexity index is 368. The molecule has 3 amide bonds. The second-order valence-electron chi connectivity index (χ2n) is 6.24. The molecule has 0 bridgehead atoms. The molecule has 1 aliphatic rings. The van der Waals surface area contributed by atoms with Crippen molar-refractivity contribution in [3.63, 3.8) is 0 Å². The van der Waals surface area contributed by atoms with Crippen molar-refractivity contribution >= 4 is 12.1 Å². The van der Waals surface area contributed by atoms with E-state index in [1.807, 2.05) is 27.7 Å². The van der Waals surface area contributed by atoms with Crippen LogP contribution < -0.4 is 11.1 Å². The number of amides is 3. The van der Waals surface area contributed by atoms with Crippen molar-refractivity contribution in [3.05, 3.63) is 0 Å². The molecule has 7 heteroatoms. The van der Waals surface area contributed by atoms with Crippen LogP contribution in [0.1, 0.15) is 34.1 Å². The highest BCUT2D eigenvalue weighted by Gasteiger charge is 2.33. The zero-order valence-corrected chi connectivity index (χ0v) is 13.5. The van der Waals surface area contributed by atoms with E-state index in [1.54, 1.807) is 9.80 Å². The van der Waals surface area contributed by atoms with Crippen LogP contribution in [0, 0.1) is 0 Å². The Morgan fingerprint density at radius 1 is 1.33 bits per heavy atom. The lowest BCUT2D eigenvalue weighted by atomic mass is 10.1. The maximum absolute atomic E-state index is 12.1. The number of carbonyl (C=O) groups excluding carboxylic acids is 2. The Morgan fingerprint density at radius 3 is 2.52 bits per heavy atom.